The van der Waals surface area contributed by atoms with Gasteiger partial charge in [-0.2, -0.15) is 0 Å². The predicted molar refractivity (Wildman–Crippen MR) is 40.7 cm³/mol. The third kappa shape index (κ3) is 2.18. The third-order valence-electron chi connectivity index (χ3n) is 1.36. The molecule has 10 heavy (non-hydrogen) atoms. The SMILES string of the molecule is C[C@H](F)Cc1ccccc1. The van der Waals surface area contributed by atoms with E-state index in [9.17, 15) is 4.39 Å². The lowest BCUT2D eigenvalue weighted by atomic mass is 10.1. The van der Waals surface area contributed by atoms with E-state index in [1.54, 1.807) is 6.92 Å². The minimum Gasteiger partial charge on any atom is -0.247 e. The first-order valence-electron chi connectivity index (χ1n) is 3.47. The molecule has 0 aromatic heterocycles. The summed E-state index contributed by atoms with van der Waals surface area (Å²) in [4.78, 5) is 0. The Morgan fingerprint density at radius 1 is 1.30 bits per heavy atom. The fourth-order valence-electron chi connectivity index (χ4n) is 0.939. The molecule has 0 N–H and O–H groups in total. The molecule has 0 nitrogen and oxygen atoms in total. The molecule has 0 aliphatic heterocycles. The van der Waals surface area contributed by atoms with Crippen molar-refractivity contribution in [2.24, 2.45) is 0 Å². The summed E-state index contributed by atoms with van der Waals surface area (Å²) in [5, 5.41) is 0. The Labute approximate surface area is 60.7 Å². The zero-order valence-corrected chi connectivity index (χ0v) is 6.05. The van der Waals surface area contributed by atoms with Crippen LogP contribution in [0.25, 0.3) is 0 Å². The fraction of sp³-hybridized carbons (Fsp3) is 0.333. The van der Waals surface area contributed by atoms with Crippen molar-refractivity contribution in [2.75, 3.05) is 0 Å². The van der Waals surface area contributed by atoms with E-state index in [4.69, 9.17) is 0 Å². The molecule has 0 aliphatic carbocycles. The van der Waals surface area contributed by atoms with Crippen molar-refractivity contribution in [3.63, 3.8) is 0 Å². The smallest absolute Gasteiger partial charge is 0.101 e. The Hall–Kier alpha value is -0.850. The molecule has 0 heterocycles. The van der Waals surface area contributed by atoms with E-state index in [1.165, 1.54) is 0 Å². The van der Waals surface area contributed by atoms with Gasteiger partial charge in [-0.15, -0.1) is 0 Å². The Kier molecular flexibility index (Phi) is 2.43. The summed E-state index contributed by atoms with van der Waals surface area (Å²) in [5.74, 6) is 0. The summed E-state index contributed by atoms with van der Waals surface area (Å²) in [6.07, 6.45) is -0.205. The molecule has 0 fully saturated rings. The molecule has 1 rings (SSSR count). The first-order chi connectivity index (χ1) is 4.79. The first-order valence-corrected chi connectivity index (χ1v) is 3.47. The van der Waals surface area contributed by atoms with Gasteiger partial charge in [-0.25, -0.2) is 4.39 Å². The van der Waals surface area contributed by atoms with Gasteiger partial charge in [0, 0.05) is 6.42 Å². The third-order valence-corrected chi connectivity index (χ3v) is 1.36. The number of alkyl halides is 1. The van der Waals surface area contributed by atoms with E-state index in [-0.39, 0.29) is 0 Å². The normalized spacial score (nSPS) is 13.0. The average Bonchev–Trinajstić information content (AvgIpc) is 1.88. The van der Waals surface area contributed by atoms with Crippen LogP contribution < -0.4 is 0 Å². The predicted octanol–water partition coefficient (Wildman–Crippen LogP) is 2.59. The largest absolute Gasteiger partial charge is 0.247 e. The van der Waals surface area contributed by atoms with Crippen LogP contribution in [0.1, 0.15) is 12.5 Å². The molecule has 0 spiro atoms. The van der Waals surface area contributed by atoms with Crippen molar-refractivity contribution in [3.8, 4) is 0 Å². The van der Waals surface area contributed by atoms with E-state index in [2.05, 4.69) is 0 Å². The van der Waals surface area contributed by atoms with Crippen LogP contribution >= 0.6 is 0 Å². The van der Waals surface area contributed by atoms with Gasteiger partial charge in [0.15, 0.2) is 0 Å². The molecule has 0 bridgehead atoms. The van der Waals surface area contributed by atoms with Crippen LogP contribution in [0.3, 0.4) is 0 Å². The molecule has 0 unspecified atom stereocenters. The second-order valence-corrected chi connectivity index (χ2v) is 2.47. The highest BCUT2D eigenvalue weighted by molar-refractivity contribution is 5.15. The van der Waals surface area contributed by atoms with Crippen LogP contribution in [-0.4, -0.2) is 6.17 Å². The number of hydrogen-bond acceptors (Lipinski definition) is 0. The highest BCUT2D eigenvalue weighted by atomic mass is 19.1. The summed E-state index contributed by atoms with van der Waals surface area (Å²) in [7, 11) is 0. The van der Waals surface area contributed by atoms with Gasteiger partial charge < -0.3 is 0 Å². The van der Waals surface area contributed by atoms with Crippen LogP contribution in [-0.2, 0) is 6.42 Å². The van der Waals surface area contributed by atoms with Crippen molar-refractivity contribution in [1.82, 2.24) is 0 Å². The summed E-state index contributed by atoms with van der Waals surface area (Å²) in [6, 6.07) is 9.67. The van der Waals surface area contributed by atoms with Crippen LogP contribution in [0.15, 0.2) is 30.3 Å². The second kappa shape index (κ2) is 3.35. The van der Waals surface area contributed by atoms with E-state index >= 15 is 0 Å². The number of rotatable bonds is 2. The van der Waals surface area contributed by atoms with Crippen LogP contribution in [0.5, 0.6) is 0 Å². The van der Waals surface area contributed by atoms with Gasteiger partial charge >= 0.3 is 0 Å². The Bertz CT molecular complexity index is 179. The molecular weight excluding hydrogens is 127 g/mol. The van der Waals surface area contributed by atoms with E-state index in [0.717, 1.165) is 5.56 Å². The molecule has 1 aromatic carbocycles. The summed E-state index contributed by atoms with van der Waals surface area (Å²) < 4.78 is 12.4. The zero-order valence-electron chi connectivity index (χ0n) is 6.05. The molecule has 1 aromatic rings. The number of halogens is 1. The zero-order chi connectivity index (χ0) is 7.40. The highest BCUT2D eigenvalue weighted by Crippen LogP contribution is 2.04. The van der Waals surface area contributed by atoms with Crippen molar-refractivity contribution >= 4 is 0 Å². The number of benzene rings is 1. The molecule has 54 valence electrons. The van der Waals surface area contributed by atoms with Crippen LogP contribution in [0.2, 0.25) is 0 Å². The van der Waals surface area contributed by atoms with Crippen LogP contribution in [0, 0.1) is 0 Å². The summed E-state index contributed by atoms with van der Waals surface area (Å²) >= 11 is 0. The van der Waals surface area contributed by atoms with Gasteiger partial charge in [-0.1, -0.05) is 30.3 Å². The van der Waals surface area contributed by atoms with Gasteiger partial charge in [0.2, 0.25) is 0 Å². The van der Waals surface area contributed by atoms with Gasteiger partial charge in [-0.05, 0) is 12.5 Å². The summed E-state index contributed by atoms with van der Waals surface area (Å²) in [6.45, 7) is 1.58. The monoisotopic (exact) mass is 138 g/mol. The Morgan fingerprint density at radius 2 is 1.90 bits per heavy atom. The van der Waals surface area contributed by atoms with E-state index in [1.807, 2.05) is 30.3 Å². The molecule has 0 saturated heterocycles. The van der Waals surface area contributed by atoms with Crippen molar-refractivity contribution in [1.29, 1.82) is 0 Å². The molecule has 0 amide bonds. The fourth-order valence-corrected chi connectivity index (χ4v) is 0.939. The lowest BCUT2D eigenvalue weighted by Gasteiger charge is -1.99. The van der Waals surface area contributed by atoms with Gasteiger partial charge in [0.05, 0.1) is 0 Å². The lowest BCUT2D eigenvalue weighted by molar-refractivity contribution is 0.360. The van der Waals surface area contributed by atoms with E-state index in [0.29, 0.717) is 6.42 Å². The maximum Gasteiger partial charge on any atom is 0.101 e. The Balaban J connectivity index is 2.59. The minimum absolute atomic E-state index is 0.529. The van der Waals surface area contributed by atoms with Crippen molar-refractivity contribution in [2.45, 2.75) is 19.5 Å². The molecule has 0 radical (unpaired) electrons. The van der Waals surface area contributed by atoms with Crippen LogP contribution in [0.4, 0.5) is 4.39 Å². The average molecular weight is 138 g/mol. The molecule has 1 atom stereocenters. The Morgan fingerprint density at radius 3 is 2.40 bits per heavy atom. The number of hydrogen-bond donors (Lipinski definition) is 0. The topological polar surface area (TPSA) is 0 Å². The molecular formula is C9H11F. The standard InChI is InChI=1S/C9H11F/c1-8(10)7-9-5-3-2-4-6-9/h2-6,8H,7H2,1H3/t8-/m0/s1. The quantitative estimate of drug-likeness (QED) is 0.589. The van der Waals surface area contributed by atoms with Gasteiger partial charge in [0.25, 0.3) is 0 Å². The maximum absolute atomic E-state index is 12.4. The van der Waals surface area contributed by atoms with E-state index < -0.39 is 6.17 Å². The van der Waals surface area contributed by atoms with Crippen molar-refractivity contribution in [3.05, 3.63) is 35.9 Å². The van der Waals surface area contributed by atoms with Crippen molar-refractivity contribution < 1.29 is 4.39 Å². The lowest BCUT2D eigenvalue weighted by Crippen LogP contribution is -1.97. The van der Waals surface area contributed by atoms with Gasteiger partial charge in [0.1, 0.15) is 6.17 Å². The molecule has 1 heteroatoms. The molecule has 0 aliphatic rings. The first kappa shape index (κ1) is 7.26. The maximum atomic E-state index is 12.4. The summed E-state index contributed by atoms with van der Waals surface area (Å²) in [5.41, 5.74) is 1.07. The second-order valence-electron chi connectivity index (χ2n) is 2.47. The molecule has 0 saturated carbocycles. The minimum atomic E-state index is -0.734. The highest BCUT2D eigenvalue weighted by Gasteiger charge is 1.97. The van der Waals surface area contributed by atoms with Gasteiger partial charge in [-0.3, -0.25) is 0 Å².